The summed E-state index contributed by atoms with van der Waals surface area (Å²) in [5, 5.41) is 14.3. The van der Waals surface area contributed by atoms with E-state index in [2.05, 4.69) is 143 Å². The Balaban J connectivity index is 1.33. The molecule has 0 aliphatic heterocycles. The van der Waals surface area contributed by atoms with Gasteiger partial charge in [-0.25, -0.2) is 0 Å². The largest absolute Gasteiger partial charge is 0.309 e. The van der Waals surface area contributed by atoms with Gasteiger partial charge in [0.1, 0.15) is 0 Å². The van der Waals surface area contributed by atoms with Gasteiger partial charge in [-0.2, -0.15) is 5.26 Å². The average molecular weight is 524 g/mol. The van der Waals surface area contributed by atoms with Gasteiger partial charge in [0.25, 0.3) is 0 Å². The summed E-state index contributed by atoms with van der Waals surface area (Å²) in [5.41, 5.74) is 11.1. The molecule has 0 fully saturated rings. The predicted molar refractivity (Wildman–Crippen MR) is 170 cm³/mol. The molecule has 0 saturated heterocycles. The fourth-order valence-corrected chi connectivity index (χ4v) is 6.40. The second-order valence-corrected chi connectivity index (χ2v) is 10.7. The van der Waals surface area contributed by atoms with Crippen LogP contribution in [0.2, 0.25) is 0 Å². The first-order chi connectivity index (χ1) is 20.2. The van der Waals surface area contributed by atoms with Crippen LogP contribution >= 0.6 is 0 Å². The van der Waals surface area contributed by atoms with Crippen LogP contribution in [0.15, 0.2) is 133 Å². The molecule has 6 aromatic carbocycles. The molecule has 0 N–H and O–H groups in total. The van der Waals surface area contributed by atoms with E-state index < -0.39 is 0 Å². The highest BCUT2D eigenvalue weighted by Crippen LogP contribution is 2.36. The fraction of sp³-hybridized carbons (Fsp3) is 0.0263. The van der Waals surface area contributed by atoms with E-state index in [0.717, 1.165) is 33.2 Å². The van der Waals surface area contributed by atoms with Gasteiger partial charge in [0, 0.05) is 32.9 Å². The molecule has 41 heavy (non-hydrogen) atoms. The quantitative estimate of drug-likeness (QED) is 0.227. The van der Waals surface area contributed by atoms with Crippen molar-refractivity contribution < 1.29 is 0 Å². The summed E-state index contributed by atoms with van der Waals surface area (Å²) in [6.45, 7) is 2.16. The van der Waals surface area contributed by atoms with Gasteiger partial charge in [-0.05, 0) is 84.3 Å². The maximum absolute atomic E-state index is 9.54. The third-order valence-electron chi connectivity index (χ3n) is 8.14. The minimum absolute atomic E-state index is 0.673. The van der Waals surface area contributed by atoms with Crippen molar-refractivity contribution in [2.45, 2.75) is 6.92 Å². The van der Waals surface area contributed by atoms with Crippen molar-refractivity contribution in [2.24, 2.45) is 0 Å². The number of nitriles is 1. The molecule has 0 spiro atoms. The Kier molecular flexibility index (Phi) is 5.10. The minimum atomic E-state index is 0.673. The summed E-state index contributed by atoms with van der Waals surface area (Å²) in [4.78, 5) is 0. The van der Waals surface area contributed by atoms with E-state index >= 15 is 0 Å². The van der Waals surface area contributed by atoms with Gasteiger partial charge in [0.15, 0.2) is 0 Å². The van der Waals surface area contributed by atoms with Gasteiger partial charge in [-0.15, -0.1) is 0 Å². The highest BCUT2D eigenvalue weighted by atomic mass is 15.0. The molecule has 8 rings (SSSR count). The molecule has 0 aliphatic carbocycles. The molecule has 0 saturated carbocycles. The second-order valence-electron chi connectivity index (χ2n) is 10.7. The normalized spacial score (nSPS) is 11.5. The number of nitrogens with zero attached hydrogens (tertiary/aromatic N) is 3. The predicted octanol–water partition coefficient (Wildman–Crippen LogP) is 9.73. The molecule has 0 radical (unpaired) electrons. The molecule has 192 valence electrons. The van der Waals surface area contributed by atoms with Crippen molar-refractivity contribution in [1.82, 2.24) is 9.13 Å². The van der Waals surface area contributed by atoms with Crippen molar-refractivity contribution in [3.63, 3.8) is 0 Å². The topological polar surface area (TPSA) is 33.6 Å². The summed E-state index contributed by atoms with van der Waals surface area (Å²) >= 11 is 0. The number of aromatic nitrogens is 2. The maximum atomic E-state index is 9.54. The highest BCUT2D eigenvalue weighted by Gasteiger charge is 2.15. The molecule has 0 aliphatic rings. The lowest BCUT2D eigenvalue weighted by Gasteiger charge is -2.14. The van der Waals surface area contributed by atoms with Crippen LogP contribution in [0.25, 0.3) is 66.1 Å². The van der Waals surface area contributed by atoms with Gasteiger partial charge in [-0.3, -0.25) is 0 Å². The lowest BCUT2D eigenvalue weighted by Crippen LogP contribution is -1.97. The van der Waals surface area contributed by atoms with Gasteiger partial charge < -0.3 is 9.13 Å². The van der Waals surface area contributed by atoms with Crippen LogP contribution in [0.4, 0.5) is 0 Å². The molecule has 2 aromatic heterocycles. The lowest BCUT2D eigenvalue weighted by molar-refractivity contribution is 1.17. The van der Waals surface area contributed by atoms with Crippen molar-refractivity contribution >= 4 is 43.6 Å². The molecule has 2 heterocycles. The Morgan fingerprint density at radius 1 is 0.463 bits per heavy atom. The zero-order chi connectivity index (χ0) is 27.5. The summed E-state index contributed by atoms with van der Waals surface area (Å²) in [6, 6.07) is 49.6. The van der Waals surface area contributed by atoms with Crippen molar-refractivity contribution in [3.05, 3.63) is 145 Å². The fourth-order valence-electron chi connectivity index (χ4n) is 6.40. The van der Waals surface area contributed by atoms with E-state index in [1.54, 1.807) is 0 Å². The number of para-hydroxylation sites is 3. The first-order valence-corrected chi connectivity index (χ1v) is 13.8. The van der Waals surface area contributed by atoms with Gasteiger partial charge in [0.2, 0.25) is 0 Å². The van der Waals surface area contributed by atoms with Crippen LogP contribution in [-0.4, -0.2) is 9.13 Å². The lowest BCUT2D eigenvalue weighted by atomic mass is 10.0. The Morgan fingerprint density at radius 3 is 1.68 bits per heavy atom. The number of hydrogen-bond donors (Lipinski definition) is 0. The van der Waals surface area contributed by atoms with Crippen molar-refractivity contribution in [1.29, 1.82) is 5.26 Å². The molecular weight excluding hydrogens is 498 g/mol. The standard InChI is InChI=1S/C38H25N3/c1-25-19-28(23-30(20-25)41-37-16-7-4-13-33(37)34-21-26(24-39)17-18-38(34)41)27-9-8-10-29(22-27)40-35-14-5-2-11-31(35)32-12-3-6-15-36(32)40/h2-23H,1H3. The molecule has 3 heteroatoms. The van der Waals surface area contributed by atoms with E-state index in [-0.39, 0.29) is 0 Å². The molecule has 0 bridgehead atoms. The highest BCUT2D eigenvalue weighted by molar-refractivity contribution is 6.10. The third kappa shape index (κ3) is 3.58. The molecule has 8 aromatic rings. The first-order valence-electron chi connectivity index (χ1n) is 13.8. The summed E-state index contributed by atoms with van der Waals surface area (Å²) in [6.07, 6.45) is 0. The van der Waals surface area contributed by atoms with Crippen molar-refractivity contribution in [3.8, 4) is 28.6 Å². The SMILES string of the molecule is Cc1cc(-c2cccc(-n3c4ccccc4c4ccccc43)c2)cc(-n2c3ccccc3c3cc(C#N)ccc32)c1. The number of rotatable bonds is 3. The first kappa shape index (κ1) is 23.3. The average Bonchev–Trinajstić information content (AvgIpc) is 3.53. The second kappa shape index (κ2) is 8.98. The van der Waals surface area contributed by atoms with Gasteiger partial charge in [-0.1, -0.05) is 72.8 Å². The van der Waals surface area contributed by atoms with Crippen LogP contribution < -0.4 is 0 Å². The zero-order valence-electron chi connectivity index (χ0n) is 22.5. The van der Waals surface area contributed by atoms with Crippen LogP contribution in [0, 0.1) is 18.3 Å². The molecule has 3 nitrogen and oxygen atoms in total. The number of fused-ring (bicyclic) bond motifs is 6. The van der Waals surface area contributed by atoms with Crippen LogP contribution in [0.5, 0.6) is 0 Å². The van der Waals surface area contributed by atoms with E-state index in [9.17, 15) is 5.26 Å². The Labute approximate surface area is 237 Å². The zero-order valence-corrected chi connectivity index (χ0v) is 22.5. The summed E-state index contributed by atoms with van der Waals surface area (Å²) < 4.78 is 4.68. The molecule has 0 amide bonds. The number of benzene rings is 6. The van der Waals surface area contributed by atoms with E-state index in [0.29, 0.717) is 5.56 Å². The number of aryl methyl sites for hydroxylation is 1. The Bertz CT molecular complexity index is 2290. The third-order valence-corrected chi connectivity index (χ3v) is 8.14. The number of hydrogen-bond acceptors (Lipinski definition) is 1. The van der Waals surface area contributed by atoms with Crippen LogP contribution in [0.3, 0.4) is 0 Å². The maximum Gasteiger partial charge on any atom is 0.0991 e. The van der Waals surface area contributed by atoms with Gasteiger partial charge >= 0.3 is 0 Å². The summed E-state index contributed by atoms with van der Waals surface area (Å²) in [5.74, 6) is 0. The Morgan fingerprint density at radius 2 is 1.02 bits per heavy atom. The monoisotopic (exact) mass is 523 g/mol. The summed E-state index contributed by atoms with van der Waals surface area (Å²) in [7, 11) is 0. The minimum Gasteiger partial charge on any atom is -0.309 e. The Hall–Kier alpha value is -5.59. The van der Waals surface area contributed by atoms with Gasteiger partial charge in [0.05, 0.1) is 33.7 Å². The van der Waals surface area contributed by atoms with Crippen LogP contribution in [0.1, 0.15) is 11.1 Å². The van der Waals surface area contributed by atoms with Crippen molar-refractivity contribution in [2.75, 3.05) is 0 Å². The smallest absolute Gasteiger partial charge is 0.0991 e. The van der Waals surface area contributed by atoms with E-state index in [1.165, 1.54) is 38.5 Å². The van der Waals surface area contributed by atoms with Crippen LogP contribution in [-0.2, 0) is 0 Å². The van der Waals surface area contributed by atoms with E-state index in [4.69, 9.17) is 0 Å². The molecule has 0 atom stereocenters. The molecule has 0 unspecified atom stereocenters. The molecular formula is C38H25N3. The van der Waals surface area contributed by atoms with E-state index in [1.807, 2.05) is 12.1 Å².